The van der Waals surface area contributed by atoms with E-state index < -0.39 is 18.5 Å². The van der Waals surface area contributed by atoms with Gasteiger partial charge in [-0.05, 0) is 37.1 Å². The van der Waals surface area contributed by atoms with E-state index in [1.165, 1.54) is 24.5 Å². The number of carbonyl (C=O) groups is 3. The van der Waals surface area contributed by atoms with Crippen LogP contribution in [-0.4, -0.2) is 35.9 Å². The third kappa shape index (κ3) is 5.42. The zero-order valence-corrected chi connectivity index (χ0v) is 14.0. The molecule has 2 rings (SSSR count). The number of nitrogens with zero attached hydrogens (tertiary/aromatic N) is 1. The predicted octanol–water partition coefficient (Wildman–Crippen LogP) is 1.61. The molecule has 0 unspecified atom stereocenters. The van der Waals surface area contributed by atoms with Crippen LogP contribution < -0.4 is 10.6 Å². The number of aryl methyl sites for hydroxylation is 2. The number of rotatable bonds is 6. The molecular weight excluding hydrogens is 322 g/mol. The Morgan fingerprint density at radius 1 is 1.00 bits per heavy atom. The molecule has 1 heterocycles. The van der Waals surface area contributed by atoms with E-state index in [9.17, 15) is 14.4 Å². The molecule has 2 N–H and O–H groups in total. The maximum absolute atomic E-state index is 11.9. The van der Waals surface area contributed by atoms with Crippen LogP contribution in [0.2, 0.25) is 0 Å². The van der Waals surface area contributed by atoms with Crippen molar-refractivity contribution in [2.75, 3.05) is 18.5 Å². The molecule has 0 saturated carbocycles. The molecule has 0 spiro atoms. The number of para-hydroxylation sites is 1. The van der Waals surface area contributed by atoms with Gasteiger partial charge in [0.2, 0.25) is 5.91 Å². The number of amides is 2. The van der Waals surface area contributed by atoms with Crippen molar-refractivity contribution in [3.05, 3.63) is 59.4 Å². The summed E-state index contributed by atoms with van der Waals surface area (Å²) in [6, 6.07) is 8.65. The highest BCUT2D eigenvalue weighted by atomic mass is 16.5. The van der Waals surface area contributed by atoms with E-state index in [0.29, 0.717) is 5.56 Å². The molecule has 0 aliphatic carbocycles. The molecule has 7 nitrogen and oxygen atoms in total. The lowest BCUT2D eigenvalue weighted by atomic mass is 10.1. The monoisotopic (exact) mass is 341 g/mol. The van der Waals surface area contributed by atoms with Gasteiger partial charge in [0.05, 0.1) is 12.1 Å². The van der Waals surface area contributed by atoms with Gasteiger partial charge in [-0.3, -0.25) is 14.6 Å². The molecule has 1 aromatic carbocycles. The SMILES string of the molecule is Cc1cccc(C)c1NC(=O)CNC(=O)COC(=O)c1ccncc1. The molecule has 25 heavy (non-hydrogen) atoms. The molecule has 1 aromatic heterocycles. The van der Waals surface area contributed by atoms with Crippen LogP contribution in [0.25, 0.3) is 0 Å². The largest absolute Gasteiger partial charge is 0.452 e. The number of ether oxygens (including phenoxy) is 1. The maximum Gasteiger partial charge on any atom is 0.338 e. The van der Waals surface area contributed by atoms with Crippen LogP contribution in [0.4, 0.5) is 5.69 Å². The Morgan fingerprint density at radius 3 is 2.28 bits per heavy atom. The number of aromatic nitrogens is 1. The second-order valence-corrected chi connectivity index (χ2v) is 5.40. The minimum absolute atomic E-state index is 0.209. The zero-order chi connectivity index (χ0) is 18.2. The van der Waals surface area contributed by atoms with Gasteiger partial charge in [-0.25, -0.2) is 4.79 Å². The van der Waals surface area contributed by atoms with E-state index in [4.69, 9.17) is 4.74 Å². The number of pyridine rings is 1. The third-order valence-corrected chi connectivity index (χ3v) is 3.44. The molecule has 0 bridgehead atoms. The highest BCUT2D eigenvalue weighted by Gasteiger charge is 2.12. The summed E-state index contributed by atoms with van der Waals surface area (Å²) in [4.78, 5) is 39.1. The fourth-order valence-corrected chi connectivity index (χ4v) is 2.13. The predicted molar refractivity (Wildman–Crippen MR) is 92.1 cm³/mol. The molecule has 0 aliphatic rings. The highest BCUT2D eigenvalue weighted by molar-refractivity contribution is 5.96. The maximum atomic E-state index is 11.9. The van der Waals surface area contributed by atoms with Crippen molar-refractivity contribution >= 4 is 23.5 Å². The Kier molecular flexibility index (Phi) is 6.22. The smallest absolute Gasteiger partial charge is 0.338 e. The Bertz CT molecular complexity index is 755. The van der Waals surface area contributed by atoms with Crippen molar-refractivity contribution < 1.29 is 19.1 Å². The van der Waals surface area contributed by atoms with Crippen molar-refractivity contribution in [3.8, 4) is 0 Å². The first-order valence-corrected chi connectivity index (χ1v) is 7.67. The van der Waals surface area contributed by atoms with Crippen LogP contribution in [-0.2, 0) is 14.3 Å². The first-order valence-electron chi connectivity index (χ1n) is 7.67. The third-order valence-electron chi connectivity index (χ3n) is 3.44. The van der Waals surface area contributed by atoms with E-state index in [2.05, 4.69) is 15.6 Å². The summed E-state index contributed by atoms with van der Waals surface area (Å²) in [5, 5.41) is 5.16. The first kappa shape index (κ1) is 18.1. The number of esters is 1. The van der Waals surface area contributed by atoms with Gasteiger partial charge in [0.1, 0.15) is 0 Å². The van der Waals surface area contributed by atoms with Gasteiger partial charge in [0.15, 0.2) is 6.61 Å². The van der Waals surface area contributed by atoms with Crippen LogP contribution in [0.15, 0.2) is 42.7 Å². The molecule has 0 atom stereocenters. The Hall–Kier alpha value is -3.22. The Balaban J connectivity index is 1.76. The number of nitrogens with one attached hydrogen (secondary N) is 2. The van der Waals surface area contributed by atoms with Crippen LogP contribution in [0.5, 0.6) is 0 Å². The lowest BCUT2D eigenvalue weighted by Crippen LogP contribution is -2.35. The van der Waals surface area contributed by atoms with Crippen LogP contribution in [0.1, 0.15) is 21.5 Å². The number of carbonyl (C=O) groups excluding carboxylic acids is 3. The zero-order valence-electron chi connectivity index (χ0n) is 14.0. The number of benzene rings is 1. The van der Waals surface area contributed by atoms with Gasteiger partial charge >= 0.3 is 5.97 Å². The standard InChI is InChI=1S/C18H19N3O4/c1-12-4-3-5-13(2)17(12)21-15(22)10-20-16(23)11-25-18(24)14-6-8-19-9-7-14/h3-9H,10-11H2,1-2H3,(H,20,23)(H,21,22). The first-order chi connectivity index (χ1) is 12.0. The summed E-state index contributed by atoms with van der Waals surface area (Å²) in [5.74, 6) is -1.54. The molecule has 0 saturated heterocycles. The lowest BCUT2D eigenvalue weighted by Gasteiger charge is -2.12. The summed E-state index contributed by atoms with van der Waals surface area (Å²) in [6.45, 7) is 3.11. The van der Waals surface area contributed by atoms with Crippen LogP contribution in [0.3, 0.4) is 0 Å². The van der Waals surface area contributed by atoms with Gasteiger partial charge < -0.3 is 15.4 Å². The topological polar surface area (TPSA) is 97.4 Å². The van der Waals surface area contributed by atoms with E-state index >= 15 is 0 Å². The van der Waals surface area contributed by atoms with Crippen molar-refractivity contribution in [1.82, 2.24) is 10.3 Å². The van der Waals surface area contributed by atoms with Crippen molar-refractivity contribution in [2.45, 2.75) is 13.8 Å². The average Bonchev–Trinajstić information content (AvgIpc) is 2.62. The summed E-state index contributed by atoms with van der Waals surface area (Å²) in [6.07, 6.45) is 2.91. The molecule has 2 amide bonds. The van der Waals surface area contributed by atoms with Crippen LogP contribution >= 0.6 is 0 Å². The fraction of sp³-hybridized carbons (Fsp3) is 0.222. The normalized spacial score (nSPS) is 10.0. The molecular formula is C18H19N3O4. The summed E-state index contributed by atoms with van der Waals surface area (Å²) < 4.78 is 4.87. The quantitative estimate of drug-likeness (QED) is 0.778. The van der Waals surface area contributed by atoms with Gasteiger partial charge in [-0.15, -0.1) is 0 Å². The summed E-state index contributed by atoms with van der Waals surface area (Å²) in [5.41, 5.74) is 2.90. The lowest BCUT2D eigenvalue weighted by molar-refractivity contribution is -0.126. The fourth-order valence-electron chi connectivity index (χ4n) is 2.13. The van der Waals surface area contributed by atoms with Crippen LogP contribution in [0, 0.1) is 13.8 Å². The average molecular weight is 341 g/mol. The molecule has 130 valence electrons. The molecule has 0 fully saturated rings. The van der Waals surface area contributed by atoms with Gasteiger partial charge in [0, 0.05) is 18.1 Å². The number of hydrogen-bond donors (Lipinski definition) is 2. The van der Waals surface area contributed by atoms with Gasteiger partial charge in [-0.1, -0.05) is 18.2 Å². The Morgan fingerprint density at radius 2 is 1.64 bits per heavy atom. The van der Waals surface area contributed by atoms with E-state index in [1.807, 2.05) is 32.0 Å². The number of hydrogen-bond acceptors (Lipinski definition) is 5. The summed E-state index contributed by atoms with van der Waals surface area (Å²) in [7, 11) is 0. The second-order valence-electron chi connectivity index (χ2n) is 5.40. The van der Waals surface area contributed by atoms with Crippen molar-refractivity contribution in [3.63, 3.8) is 0 Å². The summed E-state index contributed by atoms with van der Waals surface area (Å²) >= 11 is 0. The second kappa shape index (κ2) is 8.58. The number of anilines is 1. The molecule has 7 heteroatoms. The molecule has 2 aromatic rings. The van der Waals surface area contributed by atoms with Crippen molar-refractivity contribution in [2.24, 2.45) is 0 Å². The minimum atomic E-state index is -0.627. The van der Waals surface area contributed by atoms with E-state index in [1.54, 1.807) is 0 Å². The molecule has 0 aliphatic heterocycles. The van der Waals surface area contributed by atoms with E-state index in [0.717, 1.165) is 16.8 Å². The highest BCUT2D eigenvalue weighted by Crippen LogP contribution is 2.18. The van der Waals surface area contributed by atoms with E-state index in [-0.39, 0.29) is 12.5 Å². The minimum Gasteiger partial charge on any atom is -0.452 e. The molecule has 0 radical (unpaired) electrons. The van der Waals surface area contributed by atoms with Gasteiger partial charge in [0.25, 0.3) is 5.91 Å². The van der Waals surface area contributed by atoms with Crippen molar-refractivity contribution in [1.29, 1.82) is 0 Å². The Labute approximate surface area is 145 Å². The van der Waals surface area contributed by atoms with Gasteiger partial charge in [-0.2, -0.15) is 0 Å².